The number of carbonyl (C=O) groups is 2. The third kappa shape index (κ3) is 2.27. The van der Waals surface area contributed by atoms with Gasteiger partial charge in [-0.25, -0.2) is 0 Å². The number of ketones is 1. The number of thiophene rings is 1. The number of hydrogen-bond donors (Lipinski definition) is 1. The molecule has 4 heteroatoms. The van der Waals surface area contributed by atoms with Crippen molar-refractivity contribution in [1.82, 2.24) is 5.32 Å². The van der Waals surface area contributed by atoms with Crippen molar-refractivity contribution in [1.29, 1.82) is 0 Å². The van der Waals surface area contributed by atoms with E-state index in [1.165, 1.54) is 0 Å². The highest BCUT2D eigenvalue weighted by atomic mass is 32.1. The second-order valence-electron chi connectivity index (χ2n) is 5.00. The van der Waals surface area contributed by atoms with Crippen molar-refractivity contribution in [2.45, 2.75) is 25.8 Å². The normalized spacial score (nSPS) is 17.6. The predicted molar refractivity (Wildman–Crippen MR) is 79.4 cm³/mol. The SMILES string of the molecule is Cc1ccccc1C(=O)NC1CCc2sccc2C1=O. The molecule has 0 bridgehead atoms. The zero-order valence-electron chi connectivity index (χ0n) is 11.2. The summed E-state index contributed by atoms with van der Waals surface area (Å²) in [4.78, 5) is 25.7. The van der Waals surface area contributed by atoms with Crippen molar-refractivity contribution in [2.75, 3.05) is 0 Å². The lowest BCUT2D eigenvalue weighted by Crippen LogP contribution is -2.43. The number of amides is 1. The molecule has 1 aromatic heterocycles. The van der Waals surface area contributed by atoms with E-state index in [9.17, 15) is 9.59 Å². The van der Waals surface area contributed by atoms with Crippen LogP contribution in [0.5, 0.6) is 0 Å². The van der Waals surface area contributed by atoms with Crippen LogP contribution in [0, 0.1) is 6.92 Å². The molecule has 3 rings (SSSR count). The van der Waals surface area contributed by atoms with Gasteiger partial charge < -0.3 is 5.32 Å². The first-order chi connectivity index (χ1) is 9.66. The van der Waals surface area contributed by atoms with Gasteiger partial charge in [0.2, 0.25) is 0 Å². The van der Waals surface area contributed by atoms with Gasteiger partial charge in [-0.05, 0) is 42.8 Å². The number of rotatable bonds is 2. The Bertz CT molecular complexity index is 675. The highest BCUT2D eigenvalue weighted by Crippen LogP contribution is 2.26. The van der Waals surface area contributed by atoms with Crippen molar-refractivity contribution in [2.24, 2.45) is 0 Å². The molecule has 1 unspecified atom stereocenters. The molecule has 1 aliphatic carbocycles. The third-order valence-corrected chi connectivity index (χ3v) is 4.66. The third-order valence-electron chi connectivity index (χ3n) is 3.68. The van der Waals surface area contributed by atoms with Crippen molar-refractivity contribution in [3.05, 3.63) is 57.3 Å². The smallest absolute Gasteiger partial charge is 0.252 e. The first-order valence-electron chi connectivity index (χ1n) is 6.64. The second-order valence-corrected chi connectivity index (χ2v) is 6.00. The lowest BCUT2D eigenvalue weighted by Gasteiger charge is -2.22. The molecule has 1 aliphatic rings. The first kappa shape index (κ1) is 13.1. The molecule has 1 heterocycles. The van der Waals surface area contributed by atoms with E-state index in [0.29, 0.717) is 12.0 Å². The number of Topliss-reactive ketones (excluding diaryl/α,β-unsaturated/α-hetero) is 1. The molecule has 0 radical (unpaired) electrons. The number of benzene rings is 1. The number of hydrogen-bond acceptors (Lipinski definition) is 3. The minimum atomic E-state index is -0.399. The second kappa shape index (κ2) is 5.21. The summed E-state index contributed by atoms with van der Waals surface area (Å²) in [5.74, 6) is -0.130. The Kier molecular flexibility index (Phi) is 3.40. The summed E-state index contributed by atoms with van der Waals surface area (Å²) in [5.41, 5.74) is 2.33. The van der Waals surface area contributed by atoms with Crippen LogP contribution in [0.2, 0.25) is 0 Å². The summed E-state index contributed by atoms with van der Waals surface area (Å²) in [6.07, 6.45) is 1.54. The number of nitrogens with one attached hydrogen (secondary N) is 1. The summed E-state index contributed by atoms with van der Waals surface area (Å²) in [6, 6.07) is 8.87. The van der Waals surface area contributed by atoms with Gasteiger partial charge in [0.25, 0.3) is 5.91 Å². The van der Waals surface area contributed by atoms with Gasteiger partial charge in [-0.3, -0.25) is 9.59 Å². The highest BCUT2D eigenvalue weighted by molar-refractivity contribution is 7.10. The standard InChI is InChI=1S/C16H15NO2S/c1-10-4-2-3-5-11(10)16(19)17-13-6-7-14-12(15(13)18)8-9-20-14/h2-5,8-9,13H,6-7H2,1H3,(H,17,19). The molecule has 1 atom stereocenters. The predicted octanol–water partition coefficient (Wildman–Crippen LogP) is 2.98. The molecular weight excluding hydrogens is 270 g/mol. The monoisotopic (exact) mass is 285 g/mol. The summed E-state index contributed by atoms with van der Waals surface area (Å²) >= 11 is 1.62. The minimum absolute atomic E-state index is 0.0365. The Morgan fingerprint density at radius 2 is 2.10 bits per heavy atom. The van der Waals surface area contributed by atoms with Crippen LogP contribution < -0.4 is 5.32 Å². The topological polar surface area (TPSA) is 46.2 Å². The minimum Gasteiger partial charge on any atom is -0.342 e. The van der Waals surface area contributed by atoms with E-state index >= 15 is 0 Å². The van der Waals surface area contributed by atoms with Crippen LogP contribution in [-0.2, 0) is 6.42 Å². The molecule has 3 nitrogen and oxygen atoms in total. The maximum absolute atomic E-state index is 12.3. The molecule has 0 fully saturated rings. The summed E-state index contributed by atoms with van der Waals surface area (Å²) < 4.78 is 0. The Balaban J connectivity index is 1.78. The average molecular weight is 285 g/mol. The molecule has 0 saturated heterocycles. The average Bonchev–Trinajstić information content (AvgIpc) is 2.91. The lowest BCUT2D eigenvalue weighted by molar-refractivity contribution is 0.0846. The quantitative estimate of drug-likeness (QED) is 0.922. The van der Waals surface area contributed by atoms with Crippen LogP contribution in [0.4, 0.5) is 0 Å². The van der Waals surface area contributed by atoms with Crippen molar-refractivity contribution < 1.29 is 9.59 Å². The van der Waals surface area contributed by atoms with Crippen molar-refractivity contribution >= 4 is 23.0 Å². The molecule has 20 heavy (non-hydrogen) atoms. The fourth-order valence-electron chi connectivity index (χ4n) is 2.55. The van der Waals surface area contributed by atoms with Crippen LogP contribution >= 0.6 is 11.3 Å². The van der Waals surface area contributed by atoms with Crippen molar-refractivity contribution in [3.8, 4) is 0 Å². The van der Waals surface area contributed by atoms with Gasteiger partial charge in [0.05, 0.1) is 6.04 Å². The zero-order valence-corrected chi connectivity index (χ0v) is 12.0. The van der Waals surface area contributed by atoms with Crippen LogP contribution in [0.1, 0.15) is 37.6 Å². The summed E-state index contributed by atoms with van der Waals surface area (Å²) in [7, 11) is 0. The molecule has 0 aliphatic heterocycles. The van der Waals surface area contributed by atoms with Gasteiger partial charge in [-0.2, -0.15) is 0 Å². The van der Waals surface area contributed by atoms with E-state index in [-0.39, 0.29) is 11.7 Å². The van der Waals surface area contributed by atoms with Crippen molar-refractivity contribution in [3.63, 3.8) is 0 Å². The molecule has 1 amide bonds. The highest BCUT2D eigenvalue weighted by Gasteiger charge is 2.29. The fourth-order valence-corrected chi connectivity index (χ4v) is 3.45. The maximum atomic E-state index is 12.3. The van der Waals surface area contributed by atoms with Gasteiger partial charge in [-0.1, -0.05) is 18.2 Å². The van der Waals surface area contributed by atoms with E-state index in [2.05, 4.69) is 5.32 Å². The lowest BCUT2D eigenvalue weighted by atomic mass is 9.92. The van der Waals surface area contributed by atoms with E-state index in [4.69, 9.17) is 0 Å². The Morgan fingerprint density at radius 1 is 1.30 bits per heavy atom. The van der Waals surface area contributed by atoms with Crippen LogP contribution in [-0.4, -0.2) is 17.7 Å². The van der Waals surface area contributed by atoms with Crippen LogP contribution in [0.25, 0.3) is 0 Å². The summed E-state index contributed by atoms with van der Waals surface area (Å²) in [5, 5.41) is 4.81. The number of aryl methyl sites for hydroxylation is 2. The van der Waals surface area contributed by atoms with Gasteiger partial charge in [0.1, 0.15) is 0 Å². The van der Waals surface area contributed by atoms with E-state index in [1.54, 1.807) is 17.4 Å². The molecule has 0 spiro atoms. The maximum Gasteiger partial charge on any atom is 0.252 e. The van der Waals surface area contributed by atoms with Gasteiger partial charge in [-0.15, -0.1) is 11.3 Å². The van der Waals surface area contributed by atoms with Crippen LogP contribution in [0.15, 0.2) is 35.7 Å². The molecule has 102 valence electrons. The van der Waals surface area contributed by atoms with Crippen LogP contribution in [0.3, 0.4) is 0 Å². The largest absolute Gasteiger partial charge is 0.342 e. The van der Waals surface area contributed by atoms with Gasteiger partial charge in [0.15, 0.2) is 5.78 Å². The molecule has 1 aromatic carbocycles. The van der Waals surface area contributed by atoms with E-state index < -0.39 is 6.04 Å². The molecule has 1 N–H and O–H groups in total. The fraction of sp³-hybridized carbons (Fsp3) is 0.250. The number of carbonyl (C=O) groups excluding carboxylic acids is 2. The summed E-state index contributed by atoms with van der Waals surface area (Å²) in [6.45, 7) is 1.90. The number of fused-ring (bicyclic) bond motifs is 1. The Morgan fingerprint density at radius 3 is 2.90 bits per heavy atom. The molecule has 0 saturated carbocycles. The van der Waals surface area contributed by atoms with Gasteiger partial charge >= 0.3 is 0 Å². The first-order valence-corrected chi connectivity index (χ1v) is 7.52. The Hall–Kier alpha value is -1.94. The van der Waals surface area contributed by atoms with E-state index in [1.807, 2.05) is 36.6 Å². The van der Waals surface area contributed by atoms with E-state index in [0.717, 1.165) is 22.4 Å². The molecule has 2 aromatic rings. The molecular formula is C16H15NO2S. The zero-order chi connectivity index (χ0) is 14.1. The Labute approximate surface area is 121 Å². The van der Waals surface area contributed by atoms with Gasteiger partial charge in [0, 0.05) is 16.0 Å².